The van der Waals surface area contributed by atoms with Crippen LogP contribution in [0, 0.1) is 5.92 Å². The summed E-state index contributed by atoms with van der Waals surface area (Å²) in [6.07, 6.45) is 5.94. The van der Waals surface area contributed by atoms with Gasteiger partial charge in [-0.15, -0.1) is 0 Å². The van der Waals surface area contributed by atoms with Crippen LogP contribution in [0.3, 0.4) is 0 Å². The van der Waals surface area contributed by atoms with Gasteiger partial charge >= 0.3 is 0 Å². The van der Waals surface area contributed by atoms with Crippen LogP contribution in [0.5, 0.6) is 0 Å². The number of nitrogens with one attached hydrogen (secondary N) is 2. The normalized spacial score (nSPS) is 17.3. The Morgan fingerprint density at radius 3 is 2.84 bits per heavy atom. The van der Waals surface area contributed by atoms with Crippen molar-refractivity contribution in [3.8, 4) is 0 Å². The van der Waals surface area contributed by atoms with E-state index in [9.17, 15) is 4.79 Å². The minimum atomic E-state index is 0.235. The van der Waals surface area contributed by atoms with E-state index >= 15 is 0 Å². The number of carbonyl (C=O) groups excluding carboxylic acids is 1. The second-order valence-corrected chi connectivity index (χ2v) is 5.70. The molecule has 1 aromatic carbocycles. The van der Waals surface area contributed by atoms with Crippen molar-refractivity contribution in [2.24, 2.45) is 5.92 Å². The van der Waals surface area contributed by atoms with Crippen LogP contribution in [0.25, 0.3) is 0 Å². The summed E-state index contributed by atoms with van der Waals surface area (Å²) >= 11 is 0. The zero-order valence-corrected chi connectivity index (χ0v) is 11.4. The maximum absolute atomic E-state index is 11.4. The van der Waals surface area contributed by atoms with Crippen molar-refractivity contribution in [1.29, 1.82) is 0 Å². The van der Waals surface area contributed by atoms with Gasteiger partial charge < -0.3 is 10.6 Å². The minimum absolute atomic E-state index is 0.235. The van der Waals surface area contributed by atoms with Crippen LogP contribution < -0.4 is 10.6 Å². The molecule has 0 radical (unpaired) electrons. The summed E-state index contributed by atoms with van der Waals surface area (Å²) in [5.41, 5.74) is 4.41. The van der Waals surface area contributed by atoms with E-state index in [1.165, 1.54) is 36.0 Å². The highest BCUT2D eigenvalue weighted by molar-refractivity contribution is 5.80. The van der Waals surface area contributed by atoms with E-state index in [0.717, 1.165) is 32.5 Å². The molecule has 3 nitrogen and oxygen atoms in total. The molecule has 0 spiro atoms. The van der Waals surface area contributed by atoms with Gasteiger partial charge in [0, 0.05) is 25.6 Å². The van der Waals surface area contributed by atoms with E-state index in [2.05, 4.69) is 28.8 Å². The van der Waals surface area contributed by atoms with Crippen LogP contribution >= 0.6 is 0 Å². The van der Waals surface area contributed by atoms with Gasteiger partial charge in [0.25, 0.3) is 0 Å². The molecule has 0 aromatic heterocycles. The molecule has 2 aliphatic carbocycles. The van der Waals surface area contributed by atoms with Crippen molar-refractivity contribution >= 4 is 5.91 Å². The van der Waals surface area contributed by atoms with E-state index in [-0.39, 0.29) is 5.91 Å². The summed E-state index contributed by atoms with van der Waals surface area (Å²) in [6, 6.07) is 6.83. The van der Waals surface area contributed by atoms with Gasteiger partial charge in [-0.25, -0.2) is 0 Å². The fourth-order valence-electron chi connectivity index (χ4n) is 2.73. The van der Waals surface area contributed by atoms with Crippen molar-refractivity contribution < 1.29 is 4.79 Å². The largest absolute Gasteiger partial charge is 0.355 e. The summed E-state index contributed by atoms with van der Waals surface area (Å²) in [7, 11) is 0. The predicted octanol–water partition coefficient (Wildman–Crippen LogP) is 1.79. The Morgan fingerprint density at radius 1 is 1.16 bits per heavy atom. The topological polar surface area (TPSA) is 41.1 Å². The van der Waals surface area contributed by atoms with Gasteiger partial charge in [-0.1, -0.05) is 18.2 Å². The molecule has 0 aliphatic heterocycles. The van der Waals surface area contributed by atoms with E-state index < -0.39 is 0 Å². The first-order valence-electron chi connectivity index (χ1n) is 7.42. The van der Waals surface area contributed by atoms with Crippen LogP contribution in [0.1, 0.15) is 36.0 Å². The molecule has 19 heavy (non-hydrogen) atoms. The monoisotopic (exact) mass is 258 g/mol. The fraction of sp³-hybridized carbons (Fsp3) is 0.562. The maximum Gasteiger partial charge on any atom is 0.223 e. The third kappa shape index (κ3) is 3.35. The van der Waals surface area contributed by atoms with Crippen LogP contribution in [-0.2, 0) is 24.2 Å². The van der Waals surface area contributed by atoms with Crippen molar-refractivity contribution in [2.75, 3.05) is 13.1 Å². The number of rotatable bonds is 6. The van der Waals surface area contributed by atoms with Crippen LogP contribution in [-0.4, -0.2) is 19.0 Å². The average Bonchev–Trinajstić information content (AvgIpc) is 3.17. The molecule has 0 saturated heterocycles. The van der Waals surface area contributed by atoms with Crippen molar-refractivity contribution in [1.82, 2.24) is 10.6 Å². The van der Waals surface area contributed by atoms with Crippen LogP contribution in [0.2, 0.25) is 0 Å². The van der Waals surface area contributed by atoms with Crippen molar-refractivity contribution in [2.45, 2.75) is 38.6 Å². The minimum Gasteiger partial charge on any atom is -0.355 e. The quantitative estimate of drug-likeness (QED) is 0.764. The van der Waals surface area contributed by atoms with Gasteiger partial charge in [-0.3, -0.25) is 4.79 Å². The molecule has 0 atom stereocenters. The standard InChI is InChI=1S/C16H22N2O/c19-16(14-6-7-14)18-9-8-17-11-12-4-5-13-2-1-3-15(13)10-12/h4-5,10,14,17H,1-3,6-9,11H2,(H,18,19). The van der Waals surface area contributed by atoms with Gasteiger partial charge in [0.2, 0.25) is 5.91 Å². The lowest BCUT2D eigenvalue weighted by Crippen LogP contribution is -2.32. The lowest BCUT2D eigenvalue weighted by atomic mass is 10.1. The van der Waals surface area contributed by atoms with Crippen molar-refractivity contribution in [3.05, 3.63) is 34.9 Å². The first-order chi connectivity index (χ1) is 9.33. The predicted molar refractivity (Wildman–Crippen MR) is 75.9 cm³/mol. The van der Waals surface area contributed by atoms with Crippen LogP contribution in [0.15, 0.2) is 18.2 Å². The number of fused-ring (bicyclic) bond motifs is 1. The Kier molecular flexibility index (Phi) is 3.83. The maximum atomic E-state index is 11.4. The molecule has 1 amide bonds. The Morgan fingerprint density at radius 2 is 2.00 bits per heavy atom. The molecule has 0 unspecified atom stereocenters. The third-order valence-corrected chi connectivity index (χ3v) is 4.04. The third-order valence-electron chi connectivity index (χ3n) is 4.04. The molecule has 2 N–H and O–H groups in total. The van der Waals surface area contributed by atoms with E-state index in [1.54, 1.807) is 0 Å². The highest BCUT2D eigenvalue weighted by atomic mass is 16.2. The molecule has 1 aromatic rings. The molecule has 1 fully saturated rings. The summed E-state index contributed by atoms with van der Waals surface area (Å²) < 4.78 is 0. The Bertz CT molecular complexity index is 466. The van der Waals surface area contributed by atoms with Crippen molar-refractivity contribution in [3.63, 3.8) is 0 Å². The summed E-state index contributed by atoms with van der Waals surface area (Å²) in [6.45, 7) is 2.47. The van der Waals surface area contributed by atoms with Gasteiger partial charge in [-0.05, 0) is 48.8 Å². The molecule has 0 bridgehead atoms. The van der Waals surface area contributed by atoms with E-state index in [1.807, 2.05) is 0 Å². The smallest absolute Gasteiger partial charge is 0.223 e. The molecule has 102 valence electrons. The number of hydrogen-bond acceptors (Lipinski definition) is 2. The molecular weight excluding hydrogens is 236 g/mol. The lowest BCUT2D eigenvalue weighted by Gasteiger charge is -2.08. The second-order valence-electron chi connectivity index (χ2n) is 5.70. The molecular formula is C16H22N2O. The highest BCUT2D eigenvalue weighted by Gasteiger charge is 2.28. The van der Waals surface area contributed by atoms with Gasteiger partial charge in [0.15, 0.2) is 0 Å². The lowest BCUT2D eigenvalue weighted by molar-refractivity contribution is -0.122. The summed E-state index contributed by atoms with van der Waals surface area (Å²) in [5.74, 6) is 0.552. The van der Waals surface area contributed by atoms with E-state index in [0.29, 0.717) is 5.92 Å². The second kappa shape index (κ2) is 5.74. The average molecular weight is 258 g/mol. The molecule has 1 saturated carbocycles. The Labute approximate surface area is 114 Å². The number of carbonyl (C=O) groups is 1. The fourth-order valence-corrected chi connectivity index (χ4v) is 2.73. The molecule has 0 heterocycles. The number of amides is 1. The zero-order chi connectivity index (χ0) is 13.1. The van der Waals surface area contributed by atoms with Crippen LogP contribution in [0.4, 0.5) is 0 Å². The molecule has 3 heteroatoms. The molecule has 2 aliphatic rings. The first-order valence-corrected chi connectivity index (χ1v) is 7.42. The highest BCUT2D eigenvalue weighted by Crippen LogP contribution is 2.28. The Hall–Kier alpha value is -1.35. The van der Waals surface area contributed by atoms with Gasteiger partial charge in [0.1, 0.15) is 0 Å². The van der Waals surface area contributed by atoms with Gasteiger partial charge in [-0.2, -0.15) is 0 Å². The number of benzene rings is 1. The number of hydrogen-bond donors (Lipinski definition) is 2. The summed E-state index contributed by atoms with van der Waals surface area (Å²) in [4.78, 5) is 11.4. The van der Waals surface area contributed by atoms with Gasteiger partial charge in [0.05, 0.1) is 0 Å². The first kappa shape index (κ1) is 12.7. The SMILES string of the molecule is O=C(NCCNCc1ccc2c(c1)CCC2)C1CC1. The zero-order valence-electron chi connectivity index (χ0n) is 11.4. The Balaban J connectivity index is 1.36. The summed E-state index contributed by atoms with van der Waals surface area (Å²) in [5, 5.41) is 6.36. The molecule has 3 rings (SSSR count). The number of aryl methyl sites for hydroxylation is 2. The van der Waals surface area contributed by atoms with E-state index in [4.69, 9.17) is 0 Å².